The van der Waals surface area contributed by atoms with E-state index >= 15 is 0 Å². The Balaban J connectivity index is 1.05. The van der Waals surface area contributed by atoms with Crippen molar-refractivity contribution in [3.63, 3.8) is 0 Å². The summed E-state index contributed by atoms with van der Waals surface area (Å²) in [5, 5.41) is 26.5. The molecule has 0 heterocycles. The molecule has 0 saturated heterocycles. The molecule has 36 heavy (non-hydrogen) atoms. The van der Waals surface area contributed by atoms with Gasteiger partial charge in [-0.3, -0.25) is 0 Å². The lowest BCUT2D eigenvalue weighted by atomic mass is 9.93. The summed E-state index contributed by atoms with van der Waals surface area (Å²) in [7, 11) is 0. The number of carbonyl (C=O) groups is 1. The van der Waals surface area contributed by atoms with Gasteiger partial charge in [0, 0.05) is 12.5 Å². The number of rotatable bonds is 7. The molecule has 1 amide bonds. The topological polar surface area (TPSA) is 78.8 Å². The van der Waals surface area contributed by atoms with Gasteiger partial charge in [-0.1, -0.05) is 78.9 Å². The molecule has 6 rings (SSSR count). The molecule has 4 aromatic carbocycles. The van der Waals surface area contributed by atoms with Crippen molar-refractivity contribution in [1.82, 2.24) is 5.32 Å². The van der Waals surface area contributed by atoms with Crippen molar-refractivity contribution in [2.45, 2.75) is 37.4 Å². The quantitative estimate of drug-likeness (QED) is 0.338. The Labute approximate surface area is 210 Å². The minimum absolute atomic E-state index is 0.000604. The summed E-state index contributed by atoms with van der Waals surface area (Å²) < 4.78 is 5.56. The number of aryl methyl sites for hydroxylation is 2. The second-order valence-electron chi connectivity index (χ2n) is 9.71. The minimum atomic E-state index is -1.03. The molecule has 0 spiro atoms. The third kappa shape index (κ3) is 3.94. The standard InChI is InChI=1S/C31H29NO4/c33-28(30(34)26-15-14-20-13-12-19-6-5-11-25(26)29(19)20)16-17-32-31(35)36-18-27-23-9-3-1-7-21(23)22-8-2-4-10-24(22)27/h1-11,14-15,27-28,30,33-34H,12-13,16-18H2,(H,32,35). The van der Waals surface area contributed by atoms with E-state index in [-0.39, 0.29) is 25.5 Å². The number of amides is 1. The lowest BCUT2D eigenvalue weighted by Crippen LogP contribution is -2.30. The van der Waals surface area contributed by atoms with Crippen LogP contribution < -0.4 is 5.32 Å². The van der Waals surface area contributed by atoms with Gasteiger partial charge in [-0.15, -0.1) is 0 Å². The summed E-state index contributed by atoms with van der Waals surface area (Å²) in [6.45, 7) is 0.446. The van der Waals surface area contributed by atoms with Gasteiger partial charge in [-0.05, 0) is 69.0 Å². The van der Waals surface area contributed by atoms with Gasteiger partial charge in [0.2, 0.25) is 0 Å². The summed E-state index contributed by atoms with van der Waals surface area (Å²) >= 11 is 0. The highest BCUT2D eigenvalue weighted by molar-refractivity contribution is 5.93. The van der Waals surface area contributed by atoms with Crippen molar-refractivity contribution in [1.29, 1.82) is 0 Å². The zero-order chi connectivity index (χ0) is 24.6. The number of fused-ring (bicyclic) bond motifs is 3. The molecule has 4 aromatic rings. The Hall–Kier alpha value is -3.67. The molecule has 5 heteroatoms. The second kappa shape index (κ2) is 9.41. The lowest BCUT2D eigenvalue weighted by molar-refractivity contribution is 0.0145. The molecule has 0 radical (unpaired) electrons. The fourth-order valence-corrected chi connectivity index (χ4v) is 5.86. The first-order valence-corrected chi connectivity index (χ1v) is 12.6. The molecule has 5 nitrogen and oxygen atoms in total. The molecule has 182 valence electrons. The maximum Gasteiger partial charge on any atom is 0.407 e. The summed E-state index contributed by atoms with van der Waals surface area (Å²) in [6.07, 6.45) is -0.313. The van der Waals surface area contributed by atoms with E-state index in [1.807, 2.05) is 42.5 Å². The van der Waals surface area contributed by atoms with E-state index in [1.54, 1.807) is 0 Å². The largest absolute Gasteiger partial charge is 0.449 e. The molecule has 2 aliphatic carbocycles. The predicted octanol–water partition coefficient (Wildman–Crippen LogP) is 5.26. The number of hydrogen-bond donors (Lipinski definition) is 3. The van der Waals surface area contributed by atoms with Crippen LogP contribution in [0.5, 0.6) is 0 Å². The molecule has 0 aliphatic heterocycles. The third-order valence-electron chi connectivity index (χ3n) is 7.65. The van der Waals surface area contributed by atoms with Crippen molar-refractivity contribution >= 4 is 16.9 Å². The zero-order valence-corrected chi connectivity index (χ0v) is 20.0. The summed E-state index contributed by atoms with van der Waals surface area (Å²) in [5.74, 6) is -0.000604. The Bertz CT molecular complexity index is 1390. The van der Waals surface area contributed by atoms with Crippen molar-refractivity contribution in [2.75, 3.05) is 13.2 Å². The Morgan fingerprint density at radius 3 is 2.25 bits per heavy atom. The van der Waals surface area contributed by atoms with Crippen molar-refractivity contribution in [3.8, 4) is 11.1 Å². The summed E-state index contributed by atoms with van der Waals surface area (Å²) in [5.41, 5.74) is 8.01. The van der Waals surface area contributed by atoms with Crippen LogP contribution in [0.2, 0.25) is 0 Å². The zero-order valence-electron chi connectivity index (χ0n) is 20.0. The average molecular weight is 480 g/mol. The van der Waals surface area contributed by atoms with E-state index in [0.717, 1.165) is 34.9 Å². The van der Waals surface area contributed by atoms with Gasteiger partial charge < -0.3 is 20.3 Å². The van der Waals surface area contributed by atoms with E-state index in [9.17, 15) is 15.0 Å². The highest BCUT2D eigenvalue weighted by atomic mass is 16.5. The van der Waals surface area contributed by atoms with E-state index < -0.39 is 18.3 Å². The van der Waals surface area contributed by atoms with Crippen LogP contribution in [0.3, 0.4) is 0 Å². The van der Waals surface area contributed by atoms with Gasteiger partial charge in [0.1, 0.15) is 12.7 Å². The second-order valence-corrected chi connectivity index (χ2v) is 9.71. The number of aliphatic hydroxyl groups is 2. The lowest BCUT2D eigenvalue weighted by Gasteiger charge is -2.21. The normalized spacial score (nSPS) is 15.4. The molecule has 2 aliphatic rings. The predicted molar refractivity (Wildman–Crippen MR) is 140 cm³/mol. The van der Waals surface area contributed by atoms with Gasteiger partial charge in [0.15, 0.2) is 0 Å². The molecular formula is C31H29NO4. The number of alkyl carbamates (subject to hydrolysis) is 1. The van der Waals surface area contributed by atoms with E-state index in [0.29, 0.717) is 0 Å². The van der Waals surface area contributed by atoms with Gasteiger partial charge >= 0.3 is 6.09 Å². The molecule has 0 bridgehead atoms. The van der Waals surface area contributed by atoms with E-state index in [1.165, 1.54) is 27.6 Å². The van der Waals surface area contributed by atoms with E-state index in [4.69, 9.17) is 4.74 Å². The first-order chi connectivity index (χ1) is 17.6. The number of hydrogen-bond acceptors (Lipinski definition) is 4. The maximum atomic E-state index is 12.4. The van der Waals surface area contributed by atoms with Crippen LogP contribution in [0, 0.1) is 0 Å². The van der Waals surface area contributed by atoms with Crippen LogP contribution in [-0.2, 0) is 17.6 Å². The summed E-state index contributed by atoms with van der Waals surface area (Å²) in [4.78, 5) is 12.4. The molecule has 0 saturated carbocycles. The maximum absolute atomic E-state index is 12.4. The first-order valence-electron chi connectivity index (χ1n) is 12.6. The molecule has 3 N–H and O–H groups in total. The van der Waals surface area contributed by atoms with Gasteiger partial charge in [-0.25, -0.2) is 4.79 Å². The van der Waals surface area contributed by atoms with Gasteiger partial charge in [0.05, 0.1) is 6.10 Å². The molecule has 0 fully saturated rings. The number of nitrogens with one attached hydrogen (secondary N) is 1. The Morgan fingerprint density at radius 2 is 1.53 bits per heavy atom. The van der Waals surface area contributed by atoms with Crippen LogP contribution in [0.25, 0.3) is 21.9 Å². The SMILES string of the molecule is O=C(NCCC(O)C(O)c1ccc2c3c(cccc13)CC2)OCC1c2ccccc2-c2ccccc21. The Kier molecular flexibility index (Phi) is 5.96. The van der Waals surface area contributed by atoms with Crippen LogP contribution in [-0.4, -0.2) is 35.6 Å². The van der Waals surface area contributed by atoms with Crippen LogP contribution >= 0.6 is 0 Å². The number of ether oxygens (including phenoxy) is 1. The first kappa shape index (κ1) is 22.8. The molecule has 0 aromatic heterocycles. The van der Waals surface area contributed by atoms with Crippen molar-refractivity contribution in [3.05, 3.63) is 107 Å². The fourth-order valence-electron chi connectivity index (χ4n) is 5.86. The summed E-state index contributed by atoms with van der Waals surface area (Å²) in [6, 6.07) is 26.5. The number of carbonyl (C=O) groups excluding carboxylic acids is 1. The van der Waals surface area contributed by atoms with Crippen molar-refractivity contribution < 1.29 is 19.7 Å². The van der Waals surface area contributed by atoms with Crippen LogP contribution in [0.4, 0.5) is 4.79 Å². The number of aliphatic hydroxyl groups excluding tert-OH is 2. The number of benzene rings is 4. The minimum Gasteiger partial charge on any atom is -0.449 e. The fraction of sp³-hybridized carbons (Fsp3) is 0.258. The van der Waals surface area contributed by atoms with Crippen molar-refractivity contribution in [2.24, 2.45) is 0 Å². The monoisotopic (exact) mass is 479 g/mol. The smallest absolute Gasteiger partial charge is 0.407 e. The molecule has 2 atom stereocenters. The van der Waals surface area contributed by atoms with Gasteiger partial charge in [-0.2, -0.15) is 0 Å². The molecule has 2 unspecified atom stereocenters. The highest BCUT2D eigenvalue weighted by Gasteiger charge is 2.29. The van der Waals surface area contributed by atoms with Crippen LogP contribution in [0.1, 0.15) is 46.3 Å². The highest BCUT2D eigenvalue weighted by Crippen LogP contribution is 2.44. The van der Waals surface area contributed by atoms with Gasteiger partial charge in [0.25, 0.3) is 0 Å². The third-order valence-corrected chi connectivity index (χ3v) is 7.65. The Morgan fingerprint density at radius 1 is 0.861 bits per heavy atom. The van der Waals surface area contributed by atoms with Crippen LogP contribution in [0.15, 0.2) is 78.9 Å². The van der Waals surface area contributed by atoms with E-state index in [2.05, 4.69) is 41.7 Å². The average Bonchev–Trinajstić information content (AvgIpc) is 3.47. The molecular weight excluding hydrogens is 450 g/mol.